The standard InChI is InChI=1S/C10H19N5S/c1-7(11)10-12-13-14-15(10)8-4-3-5-9(6-8)16-2/h7-9H,3-6,11H2,1-2H3. The molecule has 1 fully saturated rings. The zero-order chi connectivity index (χ0) is 11.5. The lowest BCUT2D eigenvalue weighted by atomic mass is 9.95. The smallest absolute Gasteiger partial charge is 0.167 e. The van der Waals surface area contributed by atoms with Crippen LogP contribution >= 0.6 is 11.8 Å². The second-order valence-corrected chi connectivity index (χ2v) is 5.59. The van der Waals surface area contributed by atoms with Crippen LogP contribution in [-0.2, 0) is 0 Å². The van der Waals surface area contributed by atoms with E-state index in [2.05, 4.69) is 21.8 Å². The first-order valence-corrected chi connectivity index (χ1v) is 7.07. The number of nitrogens with two attached hydrogens (primary N) is 1. The summed E-state index contributed by atoms with van der Waals surface area (Å²) in [5.74, 6) is 0.812. The van der Waals surface area contributed by atoms with Crippen molar-refractivity contribution in [2.75, 3.05) is 6.26 Å². The van der Waals surface area contributed by atoms with Crippen LogP contribution in [0.25, 0.3) is 0 Å². The van der Waals surface area contributed by atoms with Gasteiger partial charge in [0.2, 0.25) is 0 Å². The SMILES string of the molecule is CSC1CCCC(n2nnnc2C(C)N)C1. The van der Waals surface area contributed by atoms with Gasteiger partial charge >= 0.3 is 0 Å². The monoisotopic (exact) mass is 241 g/mol. The minimum Gasteiger partial charge on any atom is -0.322 e. The van der Waals surface area contributed by atoms with Crippen molar-refractivity contribution < 1.29 is 0 Å². The van der Waals surface area contributed by atoms with Crippen molar-refractivity contribution >= 4 is 11.8 Å². The third-order valence-corrected chi connectivity index (χ3v) is 4.30. The van der Waals surface area contributed by atoms with Crippen LogP contribution in [0, 0.1) is 0 Å². The summed E-state index contributed by atoms with van der Waals surface area (Å²) in [6, 6.07) is 0.340. The van der Waals surface area contributed by atoms with Crippen molar-refractivity contribution in [3.8, 4) is 0 Å². The van der Waals surface area contributed by atoms with Crippen LogP contribution in [0.2, 0.25) is 0 Å². The lowest BCUT2D eigenvalue weighted by molar-refractivity contribution is 0.319. The molecule has 1 saturated carbocycles. The zero-order valence-electron chi connectivity index (χ0n) is 9.83. The van der Waals surface area contributed by atoms with E-state index in [1.54, 1.807) is 0 Å². The summed E-state index contributed by atoms with van der Waals surface area (Å²) in [6.45, 7) is 1.93. The molecule has 0 spiro atoms. The number of rotatable bonds is 3. The highest BCUT2D eigenvalue weighted by Crippen LogP contribution is 2.34. The molecule has 2 rings (SSSR count). The van der Waals surface area contributed by atoms with Crippen LogP contribution < -0.4 is 5.73 Å². The van der Waals surface area contributed by atoms with E-state index in [0.29, 0.717) is 6.04 Å². The molecule has 0 radical (unpaired) electrons. The van der Waals surface area contributed by atoms with Gasteiger partial charge in [-0.25, -0.2) is 4.68 Å². The van der Waals surface area contributed by atoms with Crippen LogP contribution in [0.5, 0.6) is 0 Å². The fourth-order valence-corrected chi connectivity index (χ4v) is 3.13. The largest absolute Gasteiger partial charge is 0.322 e. The van der Waals surface area contributed by atoms with Gasteiger partial charge in [-0.15, -0.1) is 5.10 Å². The van der Waals surface area contributed by atoms with Crippen molar-refractivity contribution in [3.63, 3.8) is 0 Å². The Bertz CT molecular complexity index is 338. The first-order valence-electron chi connectivity index (χ1n) is 5.78. The van der Waals surface area contributed by atoms with Crippen molar-refractivity contribution in [2.45, 2.75) is 49.9 Å². The molecular formula is C10H19N5S. The average Bonchev–Trinajstić information content (AvgIpc) is 2.78. The number of thioether (sulfide) groups is 1. The van der Waals surface area contributed by atoms with Crippen LogP contribution in [0.1, 0.15) is 50.5 Å². The van der Waals surface area contributed by atoms with Crippen LogP contribution in [0.4, 0.5) is 0 Å². The first-order chi connectivity index (χ1) is 7.72. The molecule has 0 amide bonds. The fraction of sp³-hybridized carbons (Fsp3) is 0.900. The predicted molar refractivity (Wildman–Crippen MR) is 65.2 cm³/mol. The molecule has 1 heterocycles. The minimum atomic E-state index is -0.0929. The van der Waals surface area contributed by atoms with E-state index in [9.17, 15) is 0 Å². The quantitative estimate of drug-likeness (QED) is 0.869. The van der Waals surface area contributed by atoms with Crippen molar-refractivity contribution in [2.24, 2.45) is 5.73 Å². The molecule has 1 aromatic heterocycles. The molecule has 3 atom stereocenters. The molecule has 1 aromatic rings. The molecule has 3 unspecified atom stereocenters. The minimum absolute atomic E-state index is 0.0929. The Hall–Kier alpha value is -0.620. The molecule has 90 valence electrons. The molecule has 1 aliphatic carbocycles. The number of hydrogen-bond donors (Lipinski definition) is 1. The molecule has 5 nitrogen and oxygen atoms in total. The molecule has 0 aromatic carbocycles. The van der Waals surface area contributed by atoms with Gasteiger partial charge in [0.05, 0.1) is 12.1 Å². The van der Waals surface area contributed by atoms with Gasteiger partial charge < -0.3 is 5.73 Å². The Labute approximate surface area is 100 Å². The van der Waals surface area contributed by atoms with E-state index in [1.807, 2.05) is 23.4 Å². The normalized spacial score (nSPS) is 27.9. The summed E-state index contributed by atoms with van der Waals surface area (Å²) in [6.07, 6.45) is 7.08. The molecule has 0 saturated heterocycles. The molecule has 16 heavy (non-hydrogen) atoms. The van der Waals surface area contributed by atoms with Crippen molar-refractivity contribution in [1.29, 1.82) is 0 Å². The van der Waals surface area contributed by atoms with Gasteiger partial charge in [0.25, 0.3) is 0 Å². The maximum absolute atomic E-state index is 5.86. The lowest BCUT2D eigenvalue weighted by Gasteiger charge is -2.28. The molecular weight excluding hydrogens is 222 g/mol. The maximum Gasteiger partial charge on any atom is 0.167 e. The van der Waals surface area contributed by atoms with E-state index < -0.39 is 0 Å². The lowest BCUT2D eigenvalue weighted by Crippen LogP contribution is -2.25. The maximum atomic E-state index is 5.86. The Balaban J connectivity index is 2.13. The second kappa shape index (κ2) is 5.14. The van der Waals surface area contributed by atoms with Gasteiger partial charge in [-0.1, -0.05) is 6.42 Å². The molecule has 0 bridgehead atoms. The van der Waals surface area contributed by atoms with E-state index in [0.717, 1.165) is 17.5 Å². The third-order valence-electron chi connectivity index (χ3n) is 3.20. The topological polar surface area (TPSA) is 69.6 Å². The molecule has 1 aliphatic rings. The third kappa shape index (κ3) is 2.38. The van der Waals surface area contributed by atoms with E-state index in [1.165, 1.54) is 19.3 Å². The van der Waals surface area contributed by atoms with Gasteiger partial charge in [0, 0.05) is 5.25 Å². The van der Waals surface area contributed by atoms with Gasteiger partial charge in [-0.2, -0.15) is 11.8 Å². The highest BCUT2D eigenvalue weighted by atomic mass is 32.2. The summed E-state index contributed by atoms with van der Waals surface area (Å²) in [5.41, 5.74) is 5.86. The average molecular weight is 241 g/mol. The molecule has 0 aliphatic heterocycles. The van der Waals surface area contributed by atoms with Crippen molar-refractivity contribution in [3.05, 3.63) is 5.82 Å². The highest BCUT2D eigenvalue weighted by Gasteiger charge is 2.26. The van der Waals surface area contributed by atoms with E-state index in [-0.39, 0.29) is 6.04 Å². The fourth-order valence-electron chi connectivity index (χ4n) is 2.32. The molecule has 2 N–H and O–H groups in total. The number of nitrogens with zero attached hydrogens (tertiary/aromatic N) is 4. The predicted octanol–water partition coefficient (Wildman–Crippen LogP) is 1.54. The second-order valence-electron chi connectivity index (χ2n) is 4.45. The van der Waals surface area contributed by atoms with E-state index in [4.69, 9.17) is 5.73 Å². The van der Waals surface area contributed by atoms with Crippen LogP contribution in [-0.4, -0.2) is 31.7 Å². The summed E-state index contributed by atoms with van der Waals surface area (Å²) < 4.78 is 1.94. The summed E-state index contributed by atoms with van der Waals surface area (Å²) in [7, 11) is 0. The Kier molecular flexibility index (Phi) is 3.81. The van der Waals surface area contributed by atoms with Gasteiger partial charge in [-0.05, 0) is 42.9 Å². The van der Waals surface area contributed by atoms with Crippen LogP contribution in [0.3, 0.4) is 0 Å². The first kappa shape index (κ1) is 11.9. The zero-order valence-corrected chi connectivity index (χ0v) is 10.7. The summed E-state index contributed by atoms with van der Waals surface area (Å²) in [5, 5.41) is 12.6. The van der Waals surface area contributed by atoms with Crippen molar-refractivity contribution in [1.82, 2.24) is 20.2 Å². The van der Waals surface area contributed by atoms with Gasteiger partial charge in [-0.3, -0.25) is 0 Å². The summed E-state index contributed by atoms with van der Waals surface area (Å²) >= 11 is 1.95. The Morgan fingerprint density at radius 3 is 3.00 bits per heavy atom. The number of hydrogen-bond acceptors (Lipinski definition) is 5. The van der Waals surface area contributed by atoms with E-state index >= 15 is 0 Å². The number of aromatic nitrogens is 4. The Morgan fingerprint density at radius 2 is 2.31 bits per heavy atom. The summed E-state index contributed by atoms with van der Waals surface area (Å²) in [4.78, 5) is 0. The Morgan fingerprint density at radius 1 is 1.50 bits per heavy atom. The van der Waals surface area contributed by atoms with Gasteiger partial charge in [0.1, 0.15) is 0 Å². The van der Waals surface area contributed by atoms with Crippen LogP contribution in [0.15, 0.2) is 0 Å². The van der Waals surface area contributed by atoms with Gasteiger partial charge in [0.15, 0.2) is 5.82 Å². The highest BCUT2D eigenvalue weighted by molar-refractivity contribution is 7.99. The number of tetrazole rings is 1. The molecule has 6 heteroatoms.